The highest BCUT2D eigenvalue weighted by Crippen LogP contribution is 2.27. The number of nitrogens with zero attached hydrogens (tertiary/aromatic N) is 1. The van der Waals surface area contributed by atoms with E-state index in [-0.39, 0.29) is 5.91 Å². The fourth-order valence-electron chi connectivity index (χ4n) is 2.79. The van der Waals surface area contributed by atoms with E-state index in [2.05, 4.69) is 22.9 Å². The number of likely N-dealkylation sites (tertiary alicyclic amines) is 1. The van der Waals surface area contributed by atoms with Crippen molar-refractivity contribution in [1.82, 2.24) is 4.90 Å². The summed E-state index contributed by atoms with van der Waals surface area (Å²) < 4.78 is 6.26. The molecule has 0 spiro atoms. The molecule has 1 amide bonds. The number of halogens is 1. The molecule has 3 nitrogen and oxygen atoms in total. The van der Waals surface area contributed by atoms with Crippen molar-refractivity contribution < 1.29 is 9.53 Å². The maximum atomic E-state index is 12.7. The summed E-state index contributed by atoms with van der Waals surface area (Å²) in [6, 6.07) is 5.58. The number of rotatable bonds is 3. The predicted molar refractivity (Wildman–Crippen MR) is 84.2 cm³/mol. The molecule has 20 heavy (non-hydrogen) atoms. The number of methoxy groups -OCH3 is 1. The van der Waals surface area contributed by atoms with Gasteiger partial charge in [-0.2, -0.15) is 0 Å². The summed E-state index contributed by atoms with van der Waals surface area (Å²) in [6.07, 6.45) is 4.66. The molecular formula is C16H22BrNO2. The van der Waals surface area contributed by atoms with Gasteiger partial charge in [0.1, 0.15) is 5.75 Å². The molecule has 1 unspecified atom stereocenters. The first-order chi connectivity index (χ1) is 9.65. The average Bonchev–Trinajstić information content (AvgIpc) is 2.71. The second kappa shape index (κ2) is 7.11. The molecule has 110 valence electrons. The van der Waals surface area contributed by atoms with Crippen molar-refractivity contribution in [1.29, 1.82) is 0 Å². The van der Waals surface area contributed by atoms with Crippen LogP contribution in [0.1, 0.15) is 43.0 Å². The summed E-state index contributed by atoms with van der Waals surface area (Å²) in [5.74, 6) is 1.49. The largest absolute Gasteiger partial charge is 0.496 e. The third kappa shape index (κ3) is 3.54. The van der Waals surface area contributed by atoms with Gasteiger partial charge >= 0.3 is 0 Å². The topological polar surface area (TPSA) is 29.5 Å². The lowest BCUT2D eigenvalue weighted by molar-refractivity contribution is 0.0756. The van der Waals surface area contributed by atoms with Crippen molar-refractivity contribution >= 4 is 21.8 Å². The highest BCUT2D eigenvalue weighted by Gasteiger charge is 2.23. The molecule has 1 aliphatic rings. The van der Waals surface area contributed by atoms with Crippen molar-refractivity contribution in [3.05, 3.63) is 28.2 Å². The summed E-state index contributed by atoms with van der Waals surface area (Å²) in [5, 5.41) is 0. The second-order valence-corrected chi connectivity index (χ2v) is 6.26. The van der Waals surface area contributed by atoms with Gasteiger partial charge in [-0.05, 0) is 43.4 Å². The molecule has 2 rings (SSSR count). The maximum Gasteiger partial charge on any atom is 0.257 e. The van der Waals surface area contributed by atoms with Gasteiger partial charge in [-0.1, -0.05) is 29.3 Å². The molecule has 1 heterocycles. The van der Waals surface area contributed by atoms with E-state index in [1.807, 2.05) is 23.1 Å². The highest BCUT2D eigenvalue weighted by molar-refractivity contribution is 9.10. The molecule has 0 aliphatic carbocycles. The molecule has 0 radical (unpaired) electrons. The van der Waals surface area contributed by atoms with Gasteiger partial charge in [0, 0.05) is 17.6 Å². The standard InChI is InChI=1S/C16H22BrNO2/c1-3-12-5-4-9-18(10-8-12)16(19)14-7-6-13(17)11-15(14)20-2/h6-7,11-12H,3-5,8-10H2,1-2H3. The van der Waals surface area contributed by atoms with E-state index in [1.165, 1.54) is 12.8 Å². The van der Waals surface area contributed by atoms with Gasteiger partial charge in [-0.15, -0.1) is 0 Å². The van der Waals surface area contributed by atoms with Gasteiger partial charge < -0.3 is 9.64 Å². The van der Waals surface area contributed by atoms with Gasteiger partial charge in [0.2, 0.25) is 0 Å². The van der Waals surface area contributed by atoms with Gasteiger partial charge in [-0.3, -0.25) is 4.79 Å². The quantitative estimate of drug-likeness (QED) is 0.829. The van der Waals surface area contributed by atoms with Crippen LogP contribution in [0.3, 0.4) is 0 Å². The number of benzene rings is 1. The number of carbonyl (C=O) groups excluding carboxylic acids is 1. The molecule has 1 aliphatic heterocycles. The Morgan fingerprint density at radius 3 is 2.90 bits per heavy atom. The van der Waals surface area contributed by atoms with Crippen LogP contribution in [0.15, 0.2) is 22.7 Å². The van der Waals surface area contributed by atoms with E-state index in [1.54, 1.807) is 7.11 Å². The first kappa shape index (κ1) is 15.4. The van der Waals surface area contributed by atoms with E-state index < -0.39 is 0 Å². The molecule has 4 heteroatoms. The van der Waals surface area contributed by atoms with Crippen LogP contribution in [0.5, 0.6) is 5.75 Å². The van der Waals surface area contributed by atoms with E-state index in [4.69, 9.17) is 4.74 Å². The fraction of sp³-hybridized carbons (Fsp3) is 0.562. The van der Waals surface area contributed by atoms with Crippen LogP contribution in [-0.4, -0.2) is 31.0 Å². The number of amides is 1. The number of ether oxygens (including phenoxy) is 1. The summed E-state index contributed by atoms with van der Waals surface area (Å²) >= 11 is 3.41. The van der Waals surface area contributed by atoms with Crippen LogP contribution in [0, 0.1) is 5.92 Å². The van der Waals surface area contributed by atoms with Crippen LogP contribution in [0.4, 0.5) is 0 Å². The molecular weight excluding hydrogens is 318 g/mol. The summed E-state index contributed by atoms with van der Waals surface area (Å²) in [4.78, 5) is 14.6. The Hall–Kier alpha value is -1.03. The molecule has 1 saturated heterocycles. The Labute approximate surface area is 129 Å². The van der Waals surface area contributed by atoms with Gasteiger partial charge in [-0.25, -0.2) is 0 Å². The molecule has 0 saturated carbocycles. The molecule has 1 atom stereocenters. The average molecular weight is 340 g/mol. The lowest BCUT2D eigenvalue weighted by atomic mass is 9.98. The van der Waals surface area contributed by atoms with Crippen molar-refractivity contribution in [3.63, 3.8) is 0 Å². The first-order valence-corrected chi connectivity index (χ1v) is 8.07. The van der Waals surface area contributed by atoms with Crippen molar-refractivity contribution in [2.75, 3.05) is 20.2 Å². The molecule has 0 bridgehead atoms. The van der Waals surface area contributed by atoms with E-state index in [9.17, 15) is 4.79 Å². The van der Waals surface area contributed by atoms with Crippen LogP contribution in [0.2, 0.25) is 0 Å². The third-order valence-electron chi connectivity index (χ3n) is 4.11. The van der Waals surface area contributed by atoms with E-state index >= 15 is 0 Å². The Kier molecular flexibility index (Phi) is 5.46. The van der Waals surface area contributed by atoms with Gasteiger partial charge in [0.15, 0.2) is 0 Å². The maximum absolute atomic E-state index is 12.7. The summed E-state index contributed by atoms with van der Waals surface area (Å²) in [7, 11) is 1.61. The number of hydrogen-bond acceptors (Lipinski definition) is 2. The minimum absolute atomic E-state index is 0.0890. The second-order valence-electron chi connectivity index (χ2n) is 5.34. The fourth-order valence-corrected chi connectivity index (χ4v) is 3.13. The molecule has 1 fully saturated rings. The van der Waals surface area contributed by atoms with Crippen LogP contribution < -0.4 is 4.74 Å². The lowest BCUT2D eigenvalue weighted by Gasteiger charge is -2.21. The normalized spacial score (nSPS) is 19.6. The monoisotopic (exact) mass is 339 g/mol. The lowest BCUT2D eigenvalue weighted by Crippen LogP contribution is -2.32. The van der Waals surface area contributed by atoms with E-state index in [0.717, 1.165) is 36.3 Å². The van der Waals surface area contributed by atoms with E-state index in [0.29, 0.717) is 11.3 Å². The number of hydrogen-bond donors (Lipinski definition) is 0. The molecule has 1 aromatic carbocycles. The minimum atomic E-state index is 0.0890. The highest BCUT2D eigenvalue weighted by atomic mass is 79.9. The predicted octanol–water partition coefficient (Wildman–Crippen LogP) is 4.11. The van der Waals surface area contributed by atoms with Gasteiger partial charge in [0.25, 0.3) is 5.91 Å². The van der Waals surface area contributed by atoms with Crippen LogP contribution >= 0.6 is 15.9 Å². The molecule has 1 aromatic rings. The smallest absolute Gasteiger partial charge is 0.257 e. The zero-order chi connectivity index (χ0) is 14.5. The molecule has 0 N–H and O–H groups in total. The summed E-state index contributed by atoms with van der Waals surface area (Å²) in [6.45, 7) is 3.95. The molecule has 0 aromatic heterocycles. The minimum Gasteiger partial charge on any atom is -0.496 e. The van der Waals surface area contributed by atoms with Crippen molar-refractivity contribution in [2.45, 2.75) is 32.6 Å². The summed E-state index contributed by atoms with van der Waals surface area (Å²) in [5.41, 5.74) is 0.658. The Bertz CT molecular complexity index is 476. The van der Waals surface area contributed by atoms with Crippen molar-refractivity contribution in [3.8, 4) is 5.75 Å². The Morgan fingerprint density at radius 2 is 2.20 bits per heavy atom. The zero-order valence-corrected chi connectivity index (χ0v) is 13.8. The SMILES string of the molecule is CCC1CCCN(C(=O)c2ccc(Br)cc2OC)CC1. The number of carbonyl (C=O) groups is 1. The zero-order valence-electron chi connectivity index (χ0n) is 12.2. The first-order valence-electron chi connectivity index (χ1n) is 7.28. The van der Waals surface area contributed by atoms with Gasteiger partial charge in [0.05, 0.1) is 12.7 Å². The van der Waals surface area contributed by atoms with Crippen LogP contribution in [-0.2, 0) is 0 Å². The third-order valence-corrected chi connectivity index (χ3v) is 4.60. The van der Waals surface area contributed by atoms with Crippen molar-refractivity contribution in [2.24, 2.45) is 5.92 Å². The Balaban J connectivity index is 2.14. The Morgan fingerprint density at radius 1 is 1.40 bits per heavy atom. The van der Waals surface area contributed by atoms with Crippen LogP contribution in [0.25, 0.3) is 0 Å².